The highest BCUT2D eigenvalue weighted by Gasteiger charge is 2.38. The summed E-state index contributed by atoms with van der Waals surface area (Å²) in [6.07, 6.45) is 4.08. The zero-order chi connectivity index (χ0) is 22.2. The van der Waals surface area contributed by atoms with Crippen molar-refractivity contribution in [3.8, 4) is 5.75 Å². The number of hydrogen-bond acceptors (Lipinski definition) is 5. The zero-order valence-electron chi connectivity index (χ0n) is 20.0. The second-order valence-corrected chi connectivity index (χ2v) is 14.6. The first-order valence-electron chi connectivity index (χ1n) is 11.3. The summed E-state index contributed by atoms with van der Waals surface area (Å²) in [5.74, 6) is 0.864. The second-order valence-electron chi connectivity index (χ2n) is 9.81. The highest BCUT2D eigenvalue weighted by atomic mass is 28.4. The van der Waals surface area contributed by atoms with Crippen LogP contribution in [0.1, 0.15) is 58.9 Å². The van der Waals surface area contributed by atoms with Crippen molar-refractivity contribution in [2.45, 2.75) is 96.6 Å². The fraction of sp³-hybridized carbons (Fsp3) is 0.750. The van der Waals surface area contributed by atoms with Crippen molar-refractivity contribution in [1.82, 2.24) is 0 Å². The van der Waals surface area contributed by atoms with Crippen LogP contribution in [0.5, 0.6) is 5.75 Å². The highest BCUT2D eigenvalue weighted by Crippen LogP contribution is 2.38. The van der Waals surface area contributed by atoms with Crippen LogP contribution in [0.25, 0.3) is 0 Å². The van der Waals surface area contributed by atoms with E-state index in [-0.39, 0.29) is 23.5 Å². The second kappa shape index (κ2) is 11.6. The van der Waals surface area contributed by atoms with Crippen LogP contribution in [0.15, 0.2) is 24.3 Å². The van der Waals surface area contributed by atoms with E-state index in [1.807, 2.05) is 12.1 Å². The Kier molecular flexibility index (Phi) is 9.82. The van der Waals surface area contributed by atoms with E-state index in [9.17, 15) is 0 Å². The lowest BCUT2D eigenvalue weighted by atomic mass is 10.1. The Hall–Kier alpha value is -0.923. The molecule has 172 valence electrons. The Morgan fingerprint density at radius 1 is 1.10 bits per heavy atom. The average Bonchev–Trinajstić information content (AvgIpc) is 3.18. The van der Waals surface area contributed by atoms with Gasteiger partial charge in [0.15, 0.2) is 14.6 Å². The molecule has 1 aromatic carbocycles. The van der Waals surface area contributed by atoms with Crippen molar-refractivity contribution in [2.24, 2.45) is 0 Å². The van der Waals surface area contributed by atoms with Gasteiger partial charge in [0, 0.05) is 6.10 Å². The maximum atomic E-state index is 6.59. The summed E-state index contributed by atoms with van der Waals surface area (Å²) in [4.78, 5) is 0. The Balaban J connectivity index is 1.90. The van der Waals surface area contributed by atoms with Gasteiger partial charge in [-0.15, -0.1) is 0 Å². The molecule has 0 bridgehead atoms. The van der Waals surface area contributed by atoms with Crippen LogP contribution in [0.3, 0.4) is 0 Å². The SMILES string of the molecule is COc1ccc(CO[C@H](CCCC2OCCO2)C[C@@H](C)O[Si](C)(C)C(C)(C)C)cc1. The lowest BCUT2D eigenvalue weighted by molar-refractivity contribution is -0.0528. The summed E-state index contributed by atoms with van der Waals surface area (Å²) in [6.45, 7) is 15.7. The van der Waals surface area contributed by atoms with Crippen LogP contribution in [0.2, 0.25) is 18.1 Å². The Labute approximate surface area is 184 Å². The molecule has 2 rings (SSSR count). The van der Waals surface area contributed by atoms with Gasteiger partial charge in [-0.1, -0.05) is 32.9 Å². The molecule has 1 aromatic rings. The minimum Gasteiger partial charge on any atom is -0.497 e. The molecule has 1 heterocycles. The molecule has 0 amide bonds. The third-order valence-corrected chi connectivity index (χ3v) is 10.8. The number of rotatable bonds is 12. The first-order valence-corrected chi connectivity index (χ1v) is 14.2. The van der Waals surface area contributed by atoms with Crippen molar-refractivity contribution in [2.75, 3.05) is 20.3 Å². The van der Waals surface area contributed by atoms with Crippen LogP contribution in [-0.4, -0.2) is 47.1 Å². The Morgan fingerprint density at radius 3 is 2.30 bits per heavy atom. The molecule has 0 radical (unpaired) electrons. The summed E-state index contributed by atoms with van der Waals surface area (Å²) in [7, 11) is -0.111. The van der Waals surface area contributed by atoms with E-state index >= 15 is 0 Å². The molecular formula is C24H42O5Si. The normalized spacial score (nSPS) is 17.8. The van der Waals surface area contributed by atoms with E-state index in [0.717, 1.165) is 37.0 Å². The maximum absolute atomic E-state index is 6.59. The van der Waals surface area contributed by atoms with Crippen molar-refractivity contribution >= 4 is 8.32 Å². The first kappa shape index (κ1) is 25.3. The van der Waals surface area contributed by atoms with E-state index < -0.39 is 8.32 Å². The minimum atomic E-state index is -1.79. The molecule has 1 fully saturated rings. The summed E-state index contributed by atoms with van der Waals surface area (Å²) >= 11 is 0. The fourth-order valence-corrected chi connectivity index (χ4v) is 4.84. The maximum Gasteiger partial charge on any atom is 0.192 e. The topological polar surface area (TPSA) is 46.2 Å². The number of hydrogen-bond donors (Lipinski definition) is 0. The number of methoxy groups -OCH3 is 1. The quantitative estimate of drug-likeness (QED) is 0.379. The van der Waals surface area contributed by atoms with Crippen molar-refractivity contribution < 1.29 is 23.4 Å². The van der Waals surface area contributed by atoms with E-state index in [2.05, 4.69) is 52.9 Å². The van der Waals surface area contributed by atoms with Crippen LogP contribution in [-0.2, 0) is 25.2 Å². The third kappa shape index (κ3) is 8.31. The van der Waals surface area contributed by atoms with E-state index in [0.29, 0.717) is 19.8 Å². The van der Waals surface area contributed by atoms with Gasteiger partial charge >= 0.3 is 0 Å². The minimum absolute atomic E-state index is 0.0480. The largest absolute Gasteiger partial charge is 0.497 e. The summed E-state index contributed by atoms with van der Waals surface area (Å²) < 4.78 is 29.3. The molecule has 0 unspecified atom stereocenters. The van der Waals surface area contributed by atoms with Crippen molar-refractivity contribution in [3.05, 3.63) is 29.8 Å². The summed E-state index contributed by atoms with van der Waals surface area (Å²) in [5, 5.41) is 0.206. The summed E-state index contributed by atoms with van der Waals surface area (Å²) in [5.41, 5.74) is 1.15. The first-order chi connectivity index (χ1) is 14.1. The van der Waals surface area contributed by atoms with Gasteiger partial charge in [-0.2, -0.15) is 0 Å². The Morgan fingerprint density at radius 2 is 1.73 bits per heavy atom. The van der Waals surface area contributed by atoms with Crippen molar-refractivity contribution in [1.29, 1.82) is 0 Å². The van der Waals surface area contributed by atoms with Crippen molar-refractivity contribution in [3.63, 3.8) is 0 Å². The molecule has 0 aromatic heterocycles. The molecule has 30 heavy (non-hydrogen) atoms. The molecule has 5 nitrogen and oxygen atoms in total. The lowest BCUT2D eigenvalue weighted by Gasteiger charge is -2.39. The van der Waals surface area contributed by atoms with Gasteiger partial charge < -0.3 is 23.4 Å². The number of benzene rings is 1. The predicted molar refractivity (Wildman–Crippen MR) is 123 cm³/mol. The highest BCUT2D eigenvalue weighted by molar-refractivity contribution is 6.74. The monoisotopic (exact) mass is 438 g/mol. The molecule has 2 atom stereocenters. The molecule has 6 heteroatoms. The van der Waals surface area contributed by atoms with Gasteiger partial charge in [0.05, 0.1) is 33.0 Å². The van der Waals surface area contributed by atoms with Gasteiger partial charge in [0.2, 0.25) is 0 Å². The van der Waals surface area contributed by atoms with E-state index in [4.69, 9.17) is 23.4 Å². The number of ether oxygens (including phenoxy) is 4. The van der Waals surface area contributed by atoms with E-state index in [1.165, 1.54) is 0 Å². The molecule has 1 saturated heterocycles. The van der Waals surface area contributed by atoms with Gasteiger partial charge in [-0.3, -0.25) is 0 Å². The molecule has 0 N–H and O–H groups in total. The summed E-state index contributed by atoms with van der Waals surface area (Å²) in [6, 6.07) is 8.08. The fourth-order valence-electron chi connectivity index (χ4n) is 3.39. The molecular weight excluding hydrogens is 396 g/mol. The van der Waals surface area contributed by atoms with Crippen LogP contribution in [0, 0.1) is 0 Å². The zero-order valence-corrected chi connectivity index (χ0v) is 21.0. The lowest BCUT2D eigenvalue weighted by Crippen LogP contribution is -2.44. The van der Waals surface area contributed by atoms with Gasteiger partial charge in [0.25, 0.3) is 0 Å². The molecule has 0 saturated carbocycles. The Bertz CT molecular complexity index is 605. The van der Waals surface area contributed by atoms with Gasteiger partial charge in [-0.05, 0) is 68.4 Å². The predicted octanol–water partition coefficient (Wildman–Crippen LogP) is 5.92. The molecule has 1 aliphatic heterocycles. The van der Waals surface area contributed by atoms with E-state index in [1.54, 1.807) is 7.11 Å². The van der Waals surface area contributed by atoms with Crippen LogP contribution in [0.4, 0.5) is 0 Å². The molecule has 0 spiro atoms. The molecule has 0 aliphatic carbocycles. The standard InChI is InChI=1S/C24H42O5Si/c1-19(29-30(6,7)24(2,3)4)17-22(9-8-10-23-26-15-16-27-23)28-18-20-11-13-21(25-5)14-12-20/h11-14,19,22-23H,8-10,15-18H2,1-7H3/t19-,22-/m1/s1. The average molecular weight is 439 g/mol. The van der Waals surface area contributed by atoms with Gasteiger partial charge in [-0.25, -0.2) is 0 Å². The smallest absolute Gasteiger partial charge is 0.192 e. The van der Waals surface area contributed by atoms with Crippen LogP contribution >= 0.6 is 0 Å². The van der Waals surface area contributed by atoms with Gasteiger partial charge in [0.1, 0.15) is 5.75 Å². The van der Waals surface area contributed by atoms with Crippen LogP contribution < -0.4 is 4.74 Å². The molecule has 1 aliphatic rings. The third-order valence-electron chi connectivity index (χ3n) is 6.20.